The highest BCUT2D eigenvalue weighted by Crippen LogP contribution is 2.25. The molecule has 1 aliphatic rings. The molecule has 1 aromatic heterocycles. The quantitative estimate of drug-likeness (QED) is 0.731. The highest BCUT2D eigenvalue weighted by molar-refractivity contribution is 5.83. The van der Waals surface area contributed by atoms with Gasteiger partial charge in [-0.1, -0.05) is 48.0 Å². The molecule has 0 radical (unpaired) electrons. The number of piperazine rings is 1. The molecule has 1 aliphatic heterocycles. The zero-order valence-corrected chi connectivity index (χ0v) is 17.4. The monoisotopic (exact) mass is 388 g/mol. The predicted molar refractivity (Wildman–Crippen MR) is 117 cm³/mol. The van der Waals surface area contributed by atoms with Gasteiger partial charge < -0.3 is 14.8 Å². The normalized spacial score (nSPS) is 15.4. The van der Waals surface area contributed by atoms with E-state index >= 15 is 0 Å². The fourth-order valence-corrected chi connectivity index (χ4v) is 4.04. The molecule has 4 rings (SSSR count). The molecule has 1 unspecified atom stereocenters. The third-order valence-electron chi connectivity index (χ3n) is 5.75. The molecule has 1 atom stereocenters. The van der Waals surface area contributed by atoms with Gasteiger partial charge in [-0.15, -0.1) is 0 Å². The molecule has 5 heteroatoms. The molecule has 1 amide bonds. The summed E-state index contributed by atoms with van der Waals surface area (Å²) in [5.74, 6) is 0.588. The number of hydrogen-bond acceptors (Lipinski definition) is 3. The average molecular weight is 389 g/mol. The van der Waals surface area contributed by atoms with Crippen LogP contribution < -0.4 is 4.90 Å². The predicted octanol–water partition coefficient (Wildman–Crippen LogP) is 4.15. The van der Waals surface area contributed by atoms with Crippen molar-refractivity contribution in [3.63, 3.8) is 0 Å². The Labute approximate surface area is 172 Å². The zero-order valence-electron chi connectivity index (χ0n) is 17.4. The minimum Gasteiger partial charge on any atom is -0.368 e. The van der Waals surface area contributed by atoms with Crippen LogP contribution in [0.25, 0.3) is 11.3 Å². The SMILES string of the molecule is Cc1ccc(N2CCN(C(=O)C(C)c3ncc(-c4ccccc4)[nH]3)CC2)c(C)c1. The van der Waals surface area contributed by atoms with Crippen LogP contribution in [0.3, 0.4) is 0 Å². The number of anilines is 1. The number of benzene rings is 2. The lowest BCUT2D eigenvalue weighted by Gasteiger charge is -2.37. The third kappa shape index (κ3) is 4.04. The molecular weight excluding hydrogens is 360 g/mol. The van der Waals surface area contributed by atoms with E-state index < -0.39 is 0 Å². The molecule has 1 fully saturated rings. The smallest absolute Gasteiger partial charge is 0.233 e. The second-order valence-electron chi connectivity index (χ2n) is 7.87. The van der Waals surface area contributed by atoms with Crippen LogP contribution in [0.15, 0.2) is 54.7 Å². The molecule has 0 aliphatic carbocycles. The molecule has 0 spiro atoms. The second-order valence-corrected chi connectivity index (χ2v) is 7.87. The molecule has 29 heavy (non-hydrogen) atoms. The van der Waals surface area contributed by atoms with E-state index in [1.807, 2.05) is 48.4 Å². The first-order valence-corrected chi connectivity index (χ1v) is 10.2. The van der Waals surface area contributed by atoms with E-state index in [1.54, 1.807) is 0 Å². The summed E-state index contributed by atoms with van der Waals surface area (Å²) in [7, 11) is 0. The molecule has 1 saturated heterocycles. The molecule has 0 bridgehead atoms. The van der Waals surface area contributed by atoms with E-state index in [4.69, 9.17) is 0 Å². The Balaban J connectivity index is 1.40. The van der Waals surface area contributed by atoms with Crippen molar-refractivity contribution < 1.29 is 4.79 Å². The summed E-state index contributed by atoms with van der Waals surface area (Å²) >= 11 is 0. The van der Waals surface area contributed by atoms with Gasteiger partial charge in [-0.05, 0) is 38.0 Å². The molecule has 0 saturated carbocycles. The number of hydrogen-bond donors (Lipinski definition) is 1. The fraction of sp³-hybridized carbons (Fsp3) is 0.333. The van der Waals surface area contributed by atoms with Crippen LogP contribution >= 0.6 is 0 Å². The first-order valence-electron chi connectivity index (χ1n) is 10.2. The average Bonchev–Trinajstić information content (AvgIpc) is 3.24. The van der Waals surface area contributed by atoms with E-state index in [-0.39, 0.29) is 11.8 Å². The van der Waals surface area contributed by atoms with Gasteiger partial charge in [-0.25, -0.2) is 4.98 Å². The maximum Gasteiger partial charge on any atom is 0.233 e. The lowest BCUT2D eigenvalue weighted by molar-refractivity contribution is -0.132. The highest BCUT2D eigenvalue weighted by atomic mass is 16.2. The summed E-state index contributed by atoms with van der Waals surface area (Å²) in [6.07, 6.45) is 1.81. The summed E-state index contributed by atoms with van der Waals surface area (Å²) in [5.41, 5.74) is 5.87. The number of H-pyrrole nitrogens is 1. The van der Waals surface area contributed by atoms with Crippen molar-refractivity contribution in [2.45, 2.75) is 26.7 Å². The number of rotatable bonds is 4. The van der Waals surface area contributed by atoms with Crippen LogP contribution in [-0.4, -0.2) is 47.0 Å². The van der Waals surface area contributed by atoms with E-state index in [2.05, 4.69) is 46.9 Å². The van der Waals surface area contributed by atoms with E-state index in [1.165, 1.54) is 16.8 Å². The summed E-state index contributed by atoms with van der Waals surface area (Å²) in [5, 5.41) is 0. The topological polar surface area (TPSA) is 52.2 Å². The summed E-state index contributed by atoms with van der Waals surface area (Å²) in [4.78, 5) is 25.2. The maximum absolute atomic E-state index is 13.0. The van der Waals surface area contributed by atoms with Crippen molar-refractivity contribution in [1.82, 2.24) is 14.9 Å². The van der Waals surface area contributed by atoms with Crippen molar-refractivity contribution in [3.05, 3.63) is 71.7 Å². The van der Waals surface area contributed by atoms with Crippen molar-refractivity contribution in [3.8, 4) is 11.3 Å². The van der Waals surface area contributed by atoms with E-state index in [0.29, 0.717) is 0 Å². The number of nitrogens with one attached hydrogen (secondary N) is 1. The first kappa shape index (κ1) is 19.2. The number of carbonyl (C=O) groups excluding carboxylic acids is 1. The highest BCUT2D eigenvalue weighted by Gasteiger charge is 2.28. The van der Waals surface area contributed by atoms with Gasteiger partial charge in [0.1, 0.15) is 5.82 Å². The van der Waals surface area contributed by atoms with E-state index in [0.717, 1.165) is 43.3 Å². The Morgan fingerprint density at radius 3 is 2.45 bits per heavy atom. The Morgan fingerprint density at radius 1 is 1.03 bits per heavy atom. The van der Waals surface area contributed by atoms with Gasteiger partial charge >= 0.3 is 0 Å². The van der Waals surface area contributed by atoms with Gasteiger partial charge in [-0.3, -0.25) is 4.79 Å². The van der Waals surface area contributed by atoms with Crippen LogP contribution in [0.2, 0.25) is 0 Å². The van der Waals surface area contributed by atoms with Crippen molar-refractivity contribution in [2.24, 2.45) is 0 Å². The number of amides is 1. The van der Waals surface area contributed by atoms with Gasteiger partial charge in [0.25, 0.3) is 0 Å². The van der Waals surface area contributed by atoms with Gasteiger partial charge in [0.15, 0.2) is 0 Å². The van der Waals surface area contributed by atoms with Crippen LogP contribution in [0.4, 0.5) is 5.69 Å². The third-order valence-corrected chi connectivity index (χ3v) is 5.75. The maximum atomic E-state index is 13.0. The van der Waals surface area contributed by atoms with Crippen LogP contribution in [0.1, 0.15) is 29.8 Å². The number of nitrogens with zero attached hydrogens (tertiary/aromatic N) is 3. The van der Waals surface area contributed by atoms with Crippen molar-refractivity contribution >= 4 is 11.6 Å². The molecule has 1 N–H and O–H groups in total. The Hall–Kier alpha value is -3.08. The summed E-state index contributed by atoms with van der Waals surface area (Å²) in [6.45, 7) is 9.40. The molecule has 2 heterocycles. The van der Waals surface area contributed by atoms with Crippen LogP contribution in [0.5, 0.6) is 0 Å². The second kappa shape index (κ2) is 8.11. The number of aryl methyl sites for hydroxylation is 2. The number of aromatic amines is 1. The van der Waals surface area contributed by atoms with Crippen molar-refractivity contribution in [1.29, 1.82) is 0 Å². The standard InChI is InChI=1S/C24H28N4O/c1-17-9-10-22(18(2)15-17)27-11-13-28(14-12-27)24(29)19(3)23-25-16-21(26-23)20-7-5-4-6-8-20/h4-10,15-16,19H,11-14H2,1-3H3,(H,25,26). The number of imidazole rings is 1. The van der Waals surface area contributed by atoms with Gasteiger partial charge in [0, 0.05) is 31.9 Å². The molecule has 3 aromatic rings. The largest absolute Gasteiger partial charge is 0.368 e. The molecule has 5 nitrogen and oxygen atoms in total. The minimum atomic E-state index is -0.278. The van der Waals surface area contributed by atoms with Gasteiger partial charge in [0.05, 0.1) is 17.8 Å². The molecular formula is C24H28N4O. The van der Waals surface area contributed by atoms with Gasteiger partial charge in [-0.2, -0.15) is 0 Å². The Morgan fingerprint density at radius 2 is 1.76 bits per heavy atom. The lowest BCUT2D eigenvalue weighted by atomic mass is 10.1. The van der Waals surface area contributed by atoms with Crippen LogP contribution in [-0.2, 0) is 4.79 Å². The fourth-order valence-electron chi connectivity index (χ4n) is 4.04. The van der Waals surface area contributed by atoms with E-state index in [9.17, 15) is 4.79 Å². The summed E-state index contributed by atoms with van der Waals surface area (Å²) < 4.78 is 0. The Bertz CT molecular complexity index is 987. The van der Waals surface area contributed by atoms with Gasteiger partial charge in [0.2, 0.25) is 5.91 Å². The molecule has 150 valence electrons. The van der Waals surface area contributed by atoms with Crippen LogP contribution in [0, 0.1) is 13.8 Å². The van der Waals surface area contributed by atoms with Crippen molar-refractivity contribution in [2.75, 3.05) is 31.1 Å². The number of carbonyl (C=O) groups is 1. The first-order chi connectivity index (χ1) is 14.0. The molecule has 2 aromatic carbocycles. The number of aromatic nitrogens is 2. The lowest BCUT2D eigenvalue weighted by Crippen LogP contribution is -2.50. The minimum absolute atomic E-state index is 0.138. The zero-order chi connectivity index (χ0) is 20.4. The summed E-state index contributed by atoms with van der Waals surface area (Å²) in [6, 6.07) is 16.6. The Kier molecular flexibility index (Phi) is 5.38.